The zero-order chi connectivity index (χ0) is 19.5. The third-order valence-corrected chi connectivity index (χ3v) is 5.42. The fourth-order valence-corrected chi connectivity index (χ4v) is 3.81. The van der Waals surface area contributed by atoms with Crippen LogP contribution in [0.25, 0.3) is 22.5 Å². The van der Waals surface area contributed by atoms with Gasteiger partial charge in [-0.1, -0.05) is 11.6 Å². The lowest BCUT2D eigenvalue weighted by molar-refractivity contribution is -0.130. The van der Waals surface area contributed by atoms with Crippen LogP contribution in [0.2, 0.25) is 5.02 Å². The van der Waals surface area contributed by atoms with Crippen LogP contribution in [0.4, 0.5) is 0 Å². The van der Waals surface area contributed by atoms with Gasteiger partial charge in [0.2, 0.25) is 5.91 Å². The molecule has 1 amide bonds. The lowest BCUT2D eigenvalue weighted by atomic mass is 9.90. The van der Waals surface area contributed by atoms with E-state index in [4.69, 9.17) is 16.6 Å². The van der Waals surface area contributed by atoms with Crippen LogP contribution in [0.5, 0.6) is 0 Å². The van der Waals surface area contributed by atoms with Crippen molar-refractivity contribution in [2.45, 2.75) is 25.7 Å². The number of halogens is 1. The second-order valence-electron chi connectivity index (χ2n) is 7.04. The van der Waals surface area contributed by atoms with Crippen molar-refractivity contribution in [1.29, 1.82) is 0 Å². The van der Waals surface area contributed by atoms with Crippen molar-refractivity contribution >= 4 is 17.5 Å². The number of pyridine rings is 1. The van der Waals surface area contributed by atoms with E-state index >= 15 is 0 Å². The monoisotopic (exact) mass is 392 g/mol. The van der Waals surface area contributed by atoms with Gasteiger partial charge in [0.1, 0.15) is 0 Å². The Balaban J connectivity index is 1.79. The molecule has 0 saturated carbocycles. The highest BCUT2D eigenvalue weighted by Crippen LogP contribution is 2.34. The van der Waals surface area contributed by atoms with Crippen molar-refractivity contribution in [2.75, 3.05) is 13.1 Å². The normalized spacial score (nSPS) is 16.8. The van der Waals surface area contributed by atoms with Crippen LogP contribution in [-0.2, 0) is 4.79 Å². The lowest BCUT2D eigenvalue weighted by Crippen LogP contribution is -2.38. The number of hydrogen-bond donors (Lipinski definition) is 0. The first-order valence-electron chi connectivity index (χ1n) is 9.40. The molecule has 3 aromatic rings. The summed E-state index contributed by atoms with van der Waals surface area (Å²) >= 11 is 6.02. The molecule has 142 valence electrons. The molecule has 0 radical (unpaired) electrons. The zero-order valence-corrected chi connectivity index (χ0v) is 16.4. The highest BCUT2D eigenvalue weighted by Gasteiger charge is 2.27. The van der Waals surface area contributed by atoms with Crippen LogP contribution in [0, 0.1) is 0 Å². The summed E-state index contributed by atoms with van der Waals surface area (Å²) in [5.74, 6) is 0.960. The lowest BCUT2D eigenvalue weighted by Gasteiger charge is -2.32. The van der Waals surface area contributed by atoms with Crippen molar-refractivity contribution in [3.63, 3.8) is 0 Å². The summed E-state index contributed by atoms with van der Waals surface area (Å²) in [7, 11) is 0. The third kappa shape index (κ3) is 3.90. The fourth-order valence-electron chi connectivity index (χ4n) is 3.68. The Morgan fingerprint density at radius 3 is 2.57 bits per heavy atom. The van der Waals surface area contributed by atoms with Crippen LogP contribution >= 0.6 is 11.6 Å². The smallest absolute Gasteiger partial charge is 0.219 e. The van der Waals surface area contributed by atoms with E-state index in [1.165, 1.54) is 0 Å². The van der Waals surface area contributed by atoms with Gasteiger partial charge in [0.05, 0.1) is 5.69 Å². The Bertz CT molecular complexity index is 976. The van der Waals surface area contributed by atoms with Gasteiger partial charge in [-0.25, -0.2) is 9.97 Å². The van der Waals surface area contributed by atoms with E-state index in [0.29, 0.717) is 17.4 Å². The Morgan fingerprint density at radius 1 is 1.11 bits per heavy atom. The molecule has 2 aromatic heterocycles. The molecule has 0 aliphatic carbocycles. The van der Waals surface area contributed by atoms with Gasteiger partial charge in [0.15, 0.2) is 5.82 Å². The van der Waals surface area contributed by atoms with Gasteiger partial charge in [0, 0.05) is 60.7 Å². The minimum absolute atomic E-state index is 0.113. The topological polar surface area (TPSA) is 59.0 Å². The van der Waals surface area contributed by atoms with Gasteiger partial charge in [-0.2, -0.15) is 0 Å². The fraction of sp³-hybridized carbons (Fsp3) is 0.273. The van der Waals surface area contributed by atoms with Crippen molar-refractivity contribution in [3.05, 3.63) is 65.7 Å². The average Bonchev–Trinajstić information content (AvgIpc) is 2.74. The second-order valence-corrected chi connectivity index (χ2v) is 7.48. The van der Waals surface area contributed by atoms with Crippen molar-refractivity contribution in [1.82, 2.24) is 19.9 Å². The van der Waals surface area contributed by atoms with E-state index < -0.39 is 0 Å². The van der Waals surface area contributed by atoms with Gasteiger partial charge in [-0.3, -0.25) is 9.78 Å². The quantitative estimate of drug-likeness (QED) is 0.654. The summed E-state index contributed by atoms with van der Waals surface area (Å²) in [6, 6.07) is 11.5. The SMILES string of the molecule is CC(=O)N1CCCC(c2nc(-c3ccc(Cl)cc3)ncc2-c2ccncc2)C1. The summed E-state index contributed by atoms with van der Waals surface area (Å²) < 4.78 is 0. The molecule has 0 N–H and O–H groups in total. The van der Waals surface area contributed by atoms with Crippen LogP contribution in [0.15, 0.2) is 55.0 Å². The van der Waals surface area contributed by atoms with Gasteiger partial charge >= 0.3 is 0 Å². The molecule has 1 saturated heterocycles. The van der Waals surface area contributed by atoms with Crippen LogP contribution in [0.1, 0.15) is 31.4 Å². The Morgan fingerprint density at radius 2 is 1.86 bits per heavy atom. The number of carbonyl (C=O) groups excluding carboxylic acids is 1. The number of amides is 1. The van der Waals surface area contributed by atoms with Crippen molar-refractivity contribution in [2.24, 2.45) is 0 Å². The Hall–Kier alpha value is -2.79. The maximum atomic E-state index is 11.9. The predicted molar refractivity (Wildman–Crippen MR) is 110 cm³/mol. The first-order valence-corrected chi connectivity index (χ1v) is 9.78. The Labute approximate surface area is 169 Å². The molecule has 1 unspecified atom stereocenters. The summed E-state index contributed by atoms with van der Waals surface area (Å²) in [5.41, 5.74) is 3.94. The van der Waals surface area contributed by atoms with Crippen LogP contribution in [0.3, 0.4) is 0 Å². The molecule has 1 atom stereocenters. The first-order chi connectivity index (χ1) is 13.6. The van der Waals surface area contributed by atoms with E-state index in [2.05, 4.69) is 9.97 Å². The zero-order valence-electron chi connectivity index (χ0n) is 15.7. The molecule has 0 bridgehead atoms. The van der Waals surface area contributed by atoms with Crippen molar-refractivity contribution in [3.8, 4) is 22.5 Å². The van der Waals surface area contributed by atoms with Gasteiger partial charge in [0.25, 0.3) is 0 Å². The highest BCUT2D eigenvalue weighted by atomic mass is 35.5. The summed E-state index contributed by atoms with van der Waals surface area (Å²) in [6.07, 6.45) is 7.40. The molecule has 1 aromatic carbocycles. The molecule has 4 rings (SSSR count). The number of hydrogen-bond acceptors (Lipinski definition) is 4. The van der Waals surface area contributed by atoms with E-state index in [-0.39, 0.29) is 11.8 Å². The van der Waals surface area contributed by atoms with Gasteiger partial charge < -0.3 is 4.90 Å². The number of aromatic nitrogens is 3. The number of likely N-dealkylation sites (tertiary alicyclic amines) is 1. The van der Waals surface area contributed by atoms with Gasteiger partial charge in [-0.05, 0) is 54.8 Å². The second kappa shape index (κ2) is 8.07. The predicted octanol–water partition coefficient (Wildman–Crippen LogP) is 4.58. The van der Waals surface area contributed by atoms with Crippen molar-refractivity contribution < 1.29 is 4.79 Å². The number of nitrogens with zero attached hydrogens (tertiary/aromatic N) is 4. The first kappa shape index (κ1) is 18.6. The number of benzene rings is 1. The highest BCUT2D eigenvalue weighted by molar-refractivity contribution is 6.30. The minimum atomic E-state index is 0.113. The molecule has 5 nitrogen and oxygen atoms in total. The Kier molecular flexibility index (Phi) is 5.35. The van der Waals surface area contributed by atoms with Crippen LogP contribution in [-0.4, -0.2) is 38.8 Å². The molecule has 3 heterocycles. The molecular formula is C22H21ClN4O. The summed E-state index contributed by atoms with van der Waals surface area (Å²) in [5, 5.41) is 0.682. The molecule has 6 heteroatoms. The van der Waals surface area contributed by atoms with Crippen LogP contribution < -0.4 is 0 Å². The van der Waals surface area contributed by atoms with E-state index in [9.17, 15) is 4.79 Å². The summed E-state index contributed by atoms with van der Waals surface area (Å²) in [4.78, 5) is 27.5. The molecular weight excluding hydrogens is 372 g/mol. The number of piperidine rings is 1. The average molecular weight is 393 g/mol. The van der Waals surface area contributed by atoms with E-state index in [1.807, 2.05) is 47.5 Å². The standard InChI is InChI=1S/C22H21ClN4O/c1-15(28)27-12-2-3-18(14-27)21-20(16-8-10-24-11-9-16)13-25-22(26-21)17-4-6-19(23)7-5-17/h4-11,13,18H,2-3,12,14H2,1H3. The molecule has 1 aliphatic heterocycles. The maximum Gasteiger partial charge on any atom is 0.219 e. The van der Waals surface area contributed by atoms with E-state index in [1.54, 1.807) is 19.3 Å². The van der Waals surface area contributed by atoms with E-state index in [0.717, 1.165) is 41.8 Å². The molecule has 28 heavy (non-hydrogen) atoms. The third-order valence-electron chi connectivity index (χ3n) is 5.17. The molecule has 0 spiro atoms. The largest absolute Gasteiger partial charge is 0.342 e. The minimum Gasteiger partial charge on any atom is -0.342 e. The molecule has 1 aliphatic rings. The van der Waals surface area contributed by atoms with Gasteiger partial charge in [-0.15, -0.1) is 0 Å². The number of carbonyl (C=O) groups is 1. The number of rotatable bonds is 3. The maximum absolute atomic E-state index is 11.9. The summed E-state index contributed by atoms with van der Waals surface area (Å²) in [6.45, 7) is 3.13. The molecule has 1 fully saturated rings.